The van der Waals surface area contributed by atoms with E-state index in [1.54, 1.807) is 24.3 Å². The summed E-state index contributed by atoms with van der Waals surface area (Å²) in [5.74, 6) is -5.87. The average molecular weight is 421 g/mol. The highest BCUT2D eigenvalue weighted by atomic mass is 19.2. The van der Waals surface area contributed by atoms with E-state index in [4.69, 9.17) is 0 Å². The molecule has 0 heterocycles. The van der Waals surface area contributed by atoms with Crippen molar-refractivity contribution in [1.29, 1.82) is 0 Å². The lowest BCUT2D eigenvalue weighted by atomic mass is 10.1. The number of hydrogen-bond donors (Lipinski definition) is 2. The van der Waals surface area contributed by atoms with Gasteiger partial charge in [0.1, 0.15) is 0 Å². The molecule has 30 heavy (non-hydrogen) atoms. The van der Waals surface area contributed by atoms with Crippen molar-refractivity contribution in [1.82, 2.24) is 4.90 Å². The molecule has 0 atom stereocenters. The first-order chi connectivity index (χ1) is 14.2. The molecule has 0 spiro atoms. The third-order valence-electron chi connectivity index (χ3n) is 4.16. The molecule has 2 aromatic carbocycles. The number of para-hydroxylation sites is 1. The van der Waals surface area contributed by atoms with Gasteiger partial charge in [-0.25, -0.2) is 13.2 Å². The number of benzene rings is 2. The van der Waals surface area contributed by atoms with E-state index < -0.39 is 35.0 Å². The smallest absolute Gasteiger partial charge is 0.238 e. The van der Waals surface area contributed by atoms with Crippen molar-refractivity contribution in [3.8, 4) is 0 Å². The van der Waals surface area contributed by atoms with Crippen LogP contribution in [-0.2, 0) is 9.59 Å². The number of nitrogens with zero attached hydrogens (tertiary/aromatic N) is 1. The van der Waals surface area contributed by atoms with Crippen LogP contribution in [0.3, 0.4) is 0 Å². The number of rotatable bonds is 9. The Labute approximate surface area is 172 Å². The Morgan fingerprint density at radius 1 is 0.867 bits per heavy atom. The Morgan fingerprint density at radius 2 is 1.47 bits per heavy atom. The SMILES string of the molecule is CCCN(CC(=O)Nc1ccccc1C(C)=O)CC(=O)Nc1ccc(F)c(F)c1F. The molecule has 0 fully saturated rings. The second-order valence-corrected chi connectivity index (χ2v) is 6.63. The highest BCUT2D eigenvalue weighted by Crippen LogP contribution is 2.19. The first-order valence-electron chi connectivity index (χ1n) is 9.28. The summed E-state index contributed by atoms with van der Waals surface area (Å²) < 4.78 is 40.0. The van der Waals surface area contributed by atoms with E-state index in [0.717, 1.165) is 6.07 Å². The van der Waals surface area contributed by atoms with Gasteiger partial charge in [0.05, 0.1) is 24.5 Å². The van der Waals surface area contributed by atoms with E-state index in [1.807, 2.05) is 6.92 Å². The van der Waals surface area contributed by atoms with E-state index in [0.29, 0.717) is 30.3 Å². The first-order valence-corrected chi connectivity index (χ1v) is 9.28. The van der Waals surface area contributed by atoms with Crippen LogP contribution in [-0.4, -0.2) is 42.1 Å². The number of carbonyl (C=O) groups excluding carboxylic acids is 3. The van der Waals surface area contributed by atoms with Crippen LogP contribution >= 0.6 is 0 Å². The molecular formula is C21H22F3N3O3. The Kier molecular flexibility index (Phi) is 8.11. The third-order valence-corrected chi connectivity index (χ3v) is 4.16. The molecule has 0 unspecified atom stereocenters. The molecular weight excluding hydrogens is 399 g/mol. The number of hydrogen-bond acceptors (Lipinski definition) is 4. The average Bonchev–Trinajstić information content (AvgIpc) is 2.68. The molecule has 6 nitrogen and oxygen atoms in total. The van der Waals surface area contributed by atoms with E-state index in [9.17, 15) is 27.6 Å². The molecule has 2 amide bonds. The topological polar surface area (TPSA) is 78.5 Å². The second-order valence-electron chi connectivity index (χ2n) is 6.63. The predicted molar refractivity (Wildman–Crippen MR) is 107 cm³/mol. The largest absolute Gasteiger partial charge is 0.324 e. The lowest BCUT2D eigenvalue weighted by molar-refractivity contribution is -0.120. The van der Waals surface area contributed by atoms with Crippen LogP contribution < -0.4 is 10.6 Å². The summed E-state index contributed by atoms with van der Waals surface area (Å²) in [6.07, 6.45) is 0.629. The zero-order chi connectivity index (χ0) is 22.3. The van der Waals surface area contributed by atoms with Crippen LogP contribution in [0.15, 0.2) is 36.4 Å². The van der Waals surface area contributed by atoms with Gasteiger partial charge < -0.3 is 10.6 Å². The molecule has 0 aliphatic heterocycles. The molecule has 0 aliphatic carbocycles. The number of ketones is 1. The molecule has 0 saturated heterocycles. The number of amides is 2. The van der Waals surface area contributed by atoms with Crippen LogP contribution in [0, 0.1) is 17.5 Å². The Morgan fingerprint density at radius 3 is 2.07 bits per heavy atom. The summed E-state index contributed by atoms with van der Waals surface area (Å²) in [6, 6.07) is 8.16. The summed E-state index contributed by atoms with van der Waals surface area (Å²) in [7, 11) is 0. The second kappa shape index (κ2) is 10.5. The normalized spacial score (nSPS) is 10.7. The molecule has 0 aromatic heterocycles. The highest BCUT2D eigenvalue weighted by Gasteiger charge is 2.19. The predicted octanol–water partition coefficient (Wildman–Crippen LogP) is 3.60. The summed E-state index contributed by atoms with van der Waals surface area (Å²) >= 11 is 0. The standard InChI is InChI=1S/C21H22F3N3O3/c1-3-10-27(11-18(29)25-16-7-5-4-6-14(16)13(2)28)12-19(30)26-17-9-8-15(22)20(23)21(17)24/h4-9H,3,10-12H2,1-2H3,(H,25,29)(H,26,30). The molecule has 0 aliphatic rings. The van der Waals surface area contributed by atoms with Crippen molar-refractivity contribution in [2.75, 3.05) is 30.3 Å². The van der Waals surface area contributed by atoms with Gasteiger partial charge in [-0.3, -0.25) is 19.3 Å². The number of carbonyl (C=O) groups is 3. The van der Waals surface area contributed by atoms with E-state index in [-0.39, 0.29) is 18.9 Å². The van der Waals surface area contributed by atoms with Gasteiger partial charge >= 0.3 is 0 Å². The van der Waals surface area contributed by atoms with Crippen LogP contribution in [0.5, 0.6) is 0 Å². The van der Waals surface area contributed by atoms with Crippen LogP contribution in [0.25, 0.3) is 0 Å². The van der Waals surface area contributed by atoms with Gasteiger partial charge in [-0.15, -0.1) is 0 Å². The van der Waals surface area contributed by atoms with Crippen LogP contribution in [0.2, 0.25) is 0 Å². The van der Waals surface area contributed by atoms with Crippen molar-refractivity contribution in [2.24, 2.45) is 0 Å². The molecule has 2 N–H and O–H groups in total. The fourth-order valence-corrected chi connectivity index (χ4v) is 2.84. The van der Waals surface area contributed by atoms with E-state index >= 15 is 0 Å². The highest BCUT2D eigenvalue weighted by molar-refractivity contribution is 6.04. The van der Waals surface area contributed by atoms with Crippen molar-refractivity contribution >= 4 is 29.0 Å². The van der Waals surface area contributed by atoms with Gasteiger partial charge in [-0.1, -0.05) is 19.1 Å². The Bertz CT molecular complexity index is 950. The fourth-order valence-electron chi connectivity index (χ4n) is 2.84. The van der Waals surface area contributed by atoms with E-state index in [1.165, 1.54) is 11.8 Å². The molecule has 0 radical (unpaired) electrons. The minimum atomic E-state index is -1.68. The maximum absolute atomic E-state index is 13.7. The summed E-state index contributed by atoms with van der Waals surface area (Å²) in [4.78, 5) is 37.8. The first kappa shape index (κ1) is 23.1. The Hall–Kier alpha value is -3.20. The number of anilines is 2. The van der Waals surface area contributed by atoms with Crippen LogP contribution in [0.1, 0.15) is 30.6 Å². The van der Waals surface area contributed by atoms with Crippen LogP contribution in [0.4, 0.5) is 24.5 Å². The summed E-state index contributed by atoms with van der Waals surface area (Å²) in [5, 5.41) is 4.82. The molecule has 0 saturated carbocycles. The Balaban J connectivity index is 2.02. The van der Waals surface area contributed by atoms with Crippen molar-refractivity contribution in [3.63, 3.8) is 0 Å². The number of halogens is 3. The van der Waals surface area contributed by atoms with Gasteiger partial charge in [-0.05, 0) is 44.2 Å². The van der Waals surface area contributed by atoms with Gasteiger partial charge in [0, 0.05) is 5.56 Å². The van der Waals surface area contributed by atoms with Gasteiger partial charge in [0.25, 0.3) is 0 Å². The zero-order valence-electron chi connectivity index (χ0n) is 16.6. The quantitative estimate of drug-likeness (QED) is 0.479. The fraction of sp³-hybridized carbons (Fsp3) is 0.286. The monoisotopic (exact) mass is 421 g/mol. The lowest BCUT2D eigenvalue weighted by Gasteiger charge is -2.21. The van der Waals surface area contributed by atoms with Crippen molar-refractivity contribution in [2.45, 2.75) is 20.3 Å². The van der Waals surface area contributed by atoms with Gasteiger partial charge in [0.15, 0.2) is 23.2 Å². The van der Waals surface area contributed by atoms with Gasteiger partial charge in [-0.2, -0.15) is 0 Å². The minimum absolute atomic E-state index is 0.159. The number of Topliss-reactive ketones (excluding diaryl/α,β-unsaturated/α-hetero) is 1. The van der Waals surface area contributed by atoms with Crippen molar-refractivity contribution in [3.05, 3.63) is 59.4 Å². The third kappa shape index (κ3) is 6.15. The van der Waals surface area contributed by atoms with E-state index in [2.05, 4.69) is 10.6 Å². The lowest BCUT2D eigenvalue weighted by Crippen LogP contribution is -2.39. The molecule has 160 valence electrons. The number of nitrogens with one attached hydrogen (secondary N) is 2. The molecule has 9 heteroatoms. The summed E-state index contributed by atoms with van der Waals surface area (Å²) in [6.45, 7) is 3.19. The zero-order valence-corrected chi connectivity index (χ0v) is 16.6. The molecule has 0 bridgehead atoms. The summed E-state index contributed by atoms with van der Waals surface area (Å²) in [5.41, 5.74) is 0.231. The maximum atomic E-state index is 13.7. The van der Waals surface area contributed by atoms with Gasteiger partial charge in [0.2, 0.25) is 11.8 Å². The maximum Gasteiger partial charge on any atom is 0.238 e. The molecule has 2 rings (SSSR count). The molecule has 2 aromatic rings. The minimum Gasteiger partial charge on any atom is -0.324 e. The van der Waals surface area contributed by atoms with Crippen molar-refractivity contribution < 1.29 is 27.6 Å².